The molecule has 2 atom stereocenters. The Hall–Kier alpha value is -2.17. The van der Waals surface area contributed by atoms with Crippen LogP contribution in [0.25, 0.3) is 0 Å². The van der Waals surface area contributed by atoms with Gasteiger partial charge in [0, 0.05) is 25.4 Å². The molecule has 1 saturated heterocycles. The molecular weight excluding hydrogens is 326 g/mol. The van der Waals surface area contributed by atoms with E-state index in [9.17, 15) is 9.59 Å². The van der Waals surface area contributed by atoms with Crippen molar-refractivity contribution in [2.45, 2.75) is 64.3 Å². The average Bonchev–Trinajstić information content (AvgIpc) is 2.67. The van der Waals surface area contributed by atoms with Gasteiger partial charge in [-0.1, -0.05) is 25.0 Å². The summed E-state index contributed by atoms with van der Waals surface area (Å²) in [6.45, 7) is 2.82. The van der Waals surface area contributed by atoms with E-state index in [0.717, 1.165) is 30.6 Å². The second-order valence-corrected chi connectivity index (χ2v) is 7.84. The first-order chi connectivity index (χ1) is 12.6. The van der Waals surface area contributed by atoms with E-state index in [2.05, 4.69) is 10.0 Å². The largest absolute Gasteiger partial charge is 0.334 e. The second-order valence-electron chi connectivity index (χ2n) is 7.84. The first kappa shape index (κ1) is 17.3. The average molecular weight is 353 g/mol. The number of amides is 2. The van der Waals surface area contributed by atoms with Crippen LogP contribution < -0.4 is 5.01 Å². The minimum atomic E-state index is -0.0404. The van der Waals surface area contributed by atoms with Crippen molar-refractivity contribution in [3.05, 3.63) is 29.8 Å². The summed E-state index contributed by atoms with van der Waals surface area (Å²) in [7, 11) is 0. The molecule has 4 rings (SSSR count). The molecule has 138 valence electrons. The van der Waals surface area contributed by atoms with E-state index in [1.165, 1.54) is 30.7 Å². The number of benzene rings is 1. The molecule has 2 fully saturated rings. The lowest BCUT2D eigenvalue weighted by Gasteiger charge is -2.44. The van der Waals surface area contributed by atoms with Crippen molar-refractivity contribution in [1.82, 2.24) is 4.90 Å². The molecular formula is C21H27N3O2. The summed E-state index contributed by atoms with van der Waals surface area (Å²) in [4.78, 5) is 27.7. The van der Waals surface area contributed by atoms with Gasteiger partial charge in [0.25, 0.3) is 5.91 Å². The van der Waals surface area contributed by atoms with Gasteiger partial charge >= 0.3 is 0 Å². The summed E-state index contributed by atoms with van der Waals surface area (Å²) in [6.07, 6.45) is 7.99. The van der Waals surface area contributed by atoms with Crippen molar-refractivity contribution in [1.29, 1.82) is 0 Å². The molecule has 1 aromatic carbocycles. The predicted octanol–water partition coefficient (Wildman–Crippen LogP) is 3.66. The van der Waals surface area contributed by atoms with Crippen LogP contribution in [0.3, 0.4) is 0 Å². The summed E-state index contributed by atoms with van der Waals surface area (Å²) in [6, 6.07) is 8.09. The second kappa shape index (κ2) is 7.22. The smallest absolute Gasteiger partial charge is 0.270 e. The van der Waals surface area contributed by atoms with Crippen molar-refractivity contribution in [3.63, 3.8) is 0 Å². The zero-order valence-electron chi connectivity index (χ0n) is 15.5. The van der Waals surface area contributed by atoms with E-state index >= 15 is 0 Å². The van der Waals surface area contributed by atoms with E-state index in [1.54, 1.807) is 0 Å². The van der Waals surface area contributed by atoms with E-state index in [0.29, 0.717) is 30.5 Å². The van der Waals surface area contributed by atoms with Crippen molar-refractivity contribution in [2.24, 2.45) is 11.0 Å². The summed E-state index contributed by atoms with van der Waals surface area (Å²) in [5, 5.41) is 5.92. The van der Waals surface area contributed by atoms with Crippen molar-refractivity contribution >= 4 is 23.2 Å². The van der Waals surface area contributed by atoms with Crippen LogP contribution in [0.4, 0.5) is 5.69 Å². The minimum Gasteiger partial charge on any atom is -0.334 e. The van der Waals surface area contributed by atoms with Crippen molar-refractivity contribution in [2.75, 3.05) is 11.6 Å². The topological polar surface area (TPSA) is 53.0 Å². The van der Waals surface area contributed by atoms with Crippen LogP contribution in [0.5, 0.6) is 0 Å². The fraction of sp³-hybridized carbons (Fsp3) is 0.571. The highest BCUT2D eigenvalue weighted by molar-refractivity contribution is 6.40. The molecule has 2 aliphatic heterocycles. The number of carbonyl (C=O) groups excluding carboxylic acids is 2. The van der Waals surface area contributed by atoms with Crippen LogP contribution in [-0.2, 0) is 9.59 Å². The van der Waals surface area contributed by atoms with E-state index in [1.807, 2.05) is 31.2 Å². The maximum Gasteiger partial charge on any atom is 0.270 e. The first-order valence-corrected chi connectivity index (χ1v) is 9.91. The van der Waals surface area contributed by atoms with Gasteiger partial charge in [-0.3, -0.25) is 9.59 Å². The number of aryl methyl sites for hydroxylation is 1. The molecule has 26 heavy (non-hydrogen) atoms. The fourth-order valence-electron chi connectivity index (χ4n) is 4.71. The number of likely N-dealkylation sites (tertiary alicyclic amines) is 1. The maximum atomic E-state index is 13.2. The normalized spacial score (nSPS) is 26.3. The number of piperidine rings is 1. The van der Waals surface area contributed by atoms with E-state index < -0.39 is 0 Å². The Bertz CT molecular complexity index is 741. The van der Waals surface area contributed by atoms with Gasteiger partial charge in [0.15, 0.2) is 0 Å². The number of hydrazone groups is 1. The quantitative estimate of drug-likeness (QED) is 0.815. The molecule has 5 nitrogen and oxygen atoms in total. The molecule has 5 heteroatoms. The number of rotatable bonds is 2. The van der Waals surface area contributed by atoms with Gasteiger partial charge in [0.1, 0.15) is 5.71 Å². The van der Waals surface area contributed by atoms with Gasteiger partial charge in [0.2, 0.25) is 5.91 Å². The Morgan fingerprint density at radius 1 is 1.12 bits per heavy atom. The number of carbonyl (C=O) groups is 2. The number of fused-ring (bicyclic) bond motifs is 1. The molecule has 0 spiro atoms. The van der Waals surface area contributed by atoms with Crippen LogP contribution in [0.1, 0.15) is 56.9 Å². The lowest BCUT2D eigenvalue weighted by molar-refractivity contribution is -0.130. The number of hydrogen-bond donors (Lipinski definition) is 0. The van der Waals surface area contributed by atoms with Gasteiger partial charge < -0.3 is 4.90 Å². The van der Waals surface area contributed by atoms with Gasteiger partial charge in [-0.2, -0.15) is 5.10 Å². The Labute approximate surface area is 155 Å². The highest BCUT2D eigenvalue weighted by Crippen LogP contribution is 2.35. The third kappa shape index (κ3) is 3.27. The molecule has 2 unspecified atom stereocenters. The SMILES string of the molecule is Cc1cccc(N2N=C(C(=O)N3CCCC4CCCCC43)CCC2=O)c1. The standard InChI is InChI=1S/C21H27N3O2/c1-15-6-4-9-17(14-15)24-20(25)12-11-18(22-24)21(26)23-13-5-8-16-7-2-3-10-19(16)23/h4,6,9,14,16,19H,2-3,5,7-8,10-13H2,1H3. The fourth-order valence-corrected chi connectivity index (χ4v) is 4.71. The third-order valence-electron chi connectivity index (χ3n) is 6.03. The maximum absolute atomic E-state index is 13.2. The molecule has 0 N–H and O–H groups in total. The van der Waals surface area contributed by atoms with E-state index in [-0.39, 0.29) is 11.8 Å². The van der Waals surface area contributed by atoms with Gasteiger partial charge in [0.05, 0.1) is 5.69 Å². The zero-order chi connectivity index (χ0) is 18.1. The summed E-state index contributed by atoms with van der Waals surface area (Å²) in [5.41, 5.74) is 2.36. The Morgan fingerprint density at radius 2 is 1.92 bits per heavy atom. The Kier molecular flexibility index (Phi) is 4.79. The van der Waals surface area contributed by atoms with Crippen LogP contribution in [0.15, 0.2) is 29.4 Å². The molecule has 1 aromatic rings. The number of nitrogens with zero attached hydrogens (tertiary/aromatic N) is 3. The third-order valence-corrected chi connectivity index (χ3v) is 6.03. The predicted molar refractivity (Wildman–Crippen MR) is 102 cm³/mol. The first-order valence-electron chi connectivity index (χ1n) is 9.91. The molecule has 0 bridgehead atoms. The molecule has 1 aliphatic carbocycles. The van der Waals surface area contributed by atoms with Gasteiger partial charge in [-0.15, -0.1) is 0 Å². The van der Waals surface area contributed by atoms with Crippen LogP contribution in [-0.4, -0.2) is 35.0 Å². The number of anilines is 1. The highest BCUT2D eigenvalue weighted by Gasteiger charge is 2.38. The molecule has 2 heterocycles. The molecule has 2 amide bonds. The Balaban J connectivity index is 1.58. The number of hydrogen-bond acceptors (Lipinski definition) is 3. The van der Waals surface area contributed by atoms with Crippen LogP contribution in [0.2, 0.25) is 0 Å². The van der Waals surface area contributed by atoms with Crippen molar-refractivity contribution < 1.29 is 9.59 Å². The summed E-state index contributed by atoms with van der Waals surface area (Å²) < 4.78 is 0. The molecule has 1 saturated carbocycles. The lowest BCUT2D eigenvalue weighted by Crippen LogP contribution is -2.52. The van der Waals surface area contributed by atoms with Gasteiger partial charge in [-0.25, -0.2) is 5.01 Å². The van der Waals surface area contributed by atoms with E-state index in [4.69, 9.17) is 0 Å². The van der Waals surface area contributed by atoms with Crippen molar-refractivity contribution in [3.8, 4) is 0 Å². The monoisotopic (exact) mass is 353 g/mol. The highest BCUT2D eigenvalue weighted by atomic mass is 16.2. The van der Waals surface area contributed by atoms with Gasteiger partial charge in [-0.05, 0) is 56.2 Å². The zero-order valence-corrected chi connectivity index (χ0v) is 15.5. The summed E-state index contributed by atoms with van der Waals surface area (Å²) >= 11 is 0. The minimum absolute atomic E-state index is 0.0404. The van der Waals surface area contributed by atoms with Crippen LogP contribution >= 0.6 is 0 Å². The molecule has 0 aromatic heterocycles. The molecule has 3 aliphatic rings. The van der Waals surface area contributed by atoms with Crippen LogP contribution in [0, 0.1) is 12.8 Å². The lowest BCUT2D eigenvalue weighted by atomic mass is 9.78. The molecule has 0 radical (unpaired) electrons. The Morgan fingerprint density at radius 3 is 2.77 bits per heavy atom. The summed E-state index contributed by atoms with van der Waals surface area (Å²) in [5.74, 6) is 0.660.